The van der Waals surface area contributed by atoms with Gasteiger partial charge in [0.1, 0.15) is 0 Å². The lowest BCUT2D eigenvalue weighted by atomic mass is 10.0. The van der Waals surface area contributed by atoms with E-state index >= 15 is 0 Å². The first-order chi connectivity index (χ1) is 7.70. The maximum absolute atomic E-state index is 12.5. The number of benzene rings is 1. The van der Waals surface area contributed by atoms with Gasteiger partial charge in [0.05, 0.1) is 10.5 Å². The molecule has 0 aliphatic heterocycles. The van der Waals surface area contributed by atoms with Crippen LogP contribution < -0.4 is 5.73 Å². The maximum Gasteiger partial charge on any atom is 0.416 e. The van der Waals surface area contributed by atoms with E-state index in [1.807, 2.05) is 0 Å². The number of nitro groups is 1. The molecule has 4 nitrogen and oxygen atoms in total. The standard InChI is InChI=1S/C10H11F3N2O2/c1-6(14)2-7-3-8(10(11,12)13)5-9(4-7)15(16)17/h3-6H,2,14H2,1H3/t6-/m1/s1. The minimum Gasteiger partial charge on any atom is -0.328 e. The van der Waals surface area contributed by atoms with Crippen LogP contribution in [0.15, 0.2) is 18.2 Å². The maximum atomic E-state index is 12.5. The van der Waals surface area contributed by atoms with Crippen LogP contribution in [0.3, 0.4) is 0 Å². The predicted molar refractivity (Wildman–Crippen MR) is 55.5 cm³/mol. The summed E-state index contributed by atoms with van der Waals surface area (Å²) in [5.74, 6) is 0. The largest absolute Gasteiger partial charge is 0.416 e. The van der Waals surface area contributed by atoms with E-state index < -0.39 is 22.4 Å². The monoisotopic (exact) mass is 248 g/mol. The van der Waals surface area contributed by atoms with Crippen LogP contribution in [-0.4, -0.2) is 11.0 Å². The van der Waals surface area contributed by atoms with Crippen LogP contribution in [0.2, 0.25) is 0 Å². The van der Waals surface area contributed by atoms with E-state index in [4.69, 9.17) is 5.73 Å². The molecule has 0 saturated carbocycles. The molecular formula is C10H11F3N2O2. The van der Waals surface area contributed by atoms with Gasteiger partial charge in [-0.15, -0.1) is 0 Å². The summed E-state index contributed by atoms with van der Waals surface area (Å²) in [5, 5.41) is 10.5. The third-order valence-corrected chi connectivity index (χ3v) is 2.07. The van der Waals surface area contributed by atoms with Gasteiger partial charge in [0.25, 0.3) is 5.69 Å². The lowest BCUT2D eigenvalue weighted by Crippen LogP contribution is -2.18. The SMILES string of the molecule is C[C@@H](N)Cc1cc([N+](=O)[O-])cc(C(F)(F)F)c1. The molecule has 0 radical (unpaired) electrons. The van der Waals surface area contributed by atoms with Gasteiger partial charge in [-0.3, -0.25) is 10.1 Å². The highest BCUT2D eigenvalue weighted by atomic mass is 19.4. The second-order valence-electron chi connectivity index (χ2n) is 3.82. The van der Waals surface area contributed by atoms with Crippen molar-refractivity contribution >= 4 is 5.69 Å². The van der Waals surface area contributed by atoms with Gasteiger partial charge in [-0.25, -0.2) is 0 Å². The number of rotatable bonds is 3. The van der Waals surface area contributed by atoms with E-state index in [1.54, 1.807) is 6.92 Å². The molecule has 0 aliphatic carbocycles. The summed E-state index contributed by atoms with van der Waals surface area (Å²) in [6.07, 6.45) is -4.44. The lowest BCUT2D eigenvalue weighted by molar-refractivity contribution is -0.385. The topological polar surface area (TPSA) is 69.2 Å². The smallest absolute Gasteiger partial charge is 0.328 e. The van der Waals surface area contributed by atoms with Gasteiger partial charge < -0.3 is 5.73 Å². The summed E-state index contributed by atoms with van der Waals surface area (Å²) in [7, 11) is 0. The molecule has 0 aromatic heterocycles. The van der Waals surface area contributed by atoms with Crippen molar-refractivity contribution in [2.75, 3.05) is 0 Å². The van der Waals surface area contributed by atoms with Crippen LogP contribution in [-0.2, 0) is 12.6 Å². The third-order valence-electron chi connectivity index (χ3n) is 2.07. The van der Waals surface area contributed by atoms with Crippen molar-refractivity contribution in [1.82, 2.24) is 0 Å². The summed E-state index contributed by atoms with van der Waals surface area (Å²) in [6, 6.07) is 2.15. The zero-order valence-corrected chi connectivity index (χ0v) is 8.99. The van der Waals surface area contributed by atoms with Crippen molar-refractivity contribution in [2.24, 2.45) is 5.73 Å². The Bertz CT molecular complexity index is 430. The summed E-state index contributed by atoms with van der Waals surface area (Å²) in [6.45, 7) is 1.62. The van der Waals surface area contributed by atoms with E-state index in [-0.39, 0.29) is 18.0 Å². The zero-order valence-electron chi connectivity index (χ0n) is 8.99. The van der Waals surface area contributed by atoms with Crippen molar-refractivity contribution in [3.63, 3.8) is 0 Å². The summed E-state index contributed by atoms with van der Waals surface area (Å²) < 4.78 is 37.5. The first-order valence-corrected chi connectivity index (χ1v) is 4.81. The number of non-ortho nitro benzene ring substituents is 1. The molecule has 94 valence electrons. The Balaban J connectivity index is 3.24. The van der Waals surface area contributed by atoms with Crippen LogP contribution in [0.25, 0.3) is 0 Å². The molecule has 2 N–H and O–H groups in total. The quantitative estimate of drug-likeness (QED) is 0.660. The van der Waals surface area contributed by atoms with Gasteiger partial charge in [0.15, 0.2) is 0 Å². The molecule has 7 heteroatoms. The Hall–Kier alpha value is -1.63. The molecule has 1 rings (SSSR count). The predicted octanol–water partition coefficient (Wildman–Crippen LogP) is 2.50. The summed E-state index contributed by atoms with van der Waals surface area (Å²) in [5.41, 5.74) is 4.07. The molecular weight excluding hydrogens is 237 g/mol. The van der Waals surface area contributed by atoms with Crippen molar-refractivity contribution < 1.29 is 18.1 Å². The van der Waals surface area contributed by atoms with Crippen LogP contribution in [0.5, 0.6) is 0 Å². The van der Waals surface area contributed by atoms with Crippen molar-refractivity contribution in [3.05, 3.63) is 39.4 Å². The number of nitrogens with zero attached hydrogens (tertiary/aromatic N) is 1. The fourth-order valence-electron chi connectivity index (χ4n) is 1.43. The normalized spacial score (nSPS) is 13.5. The van der Waals surface area contributed by atoms with Crippen molar-refractivity contribution in [1.29, 1.82) is 0 Å². The Kier molecular flexibility index (Phi) is 3.72. The Morgan fingerprint density at radius 2 is 2.00 bits per heavy atom. The second kappa shape index (κ2) is 4.70. The van der Waals surface area contributed by atoms with Gasteiger partial charge in [-0.05, 0) is 25.0 Å². The van der Waals surface area contributed by atoms with E-state index in [1.165, 1.54) is 0 Å². The summed E-state index contributed by atoms with van der Waals surface area (Å²) in [4.78, 5) is 9.68. The highest BCUT2D eigenvalue weighted by Crippen LogP contribution is 2.32. The van der Waals surface area contributed by atoms with Crippen LogP contribution in [0, 0.1) is 10.1 Å². The minimum absolute atomic E-state index is 0.157. The molecule has 0 unspecified atom stereocenters. The van der Waals surface area contributed by atoms with Crippen molar-refractivity contribution in [3.8, 4) is 0 Å². The molecule has 0 spiro atoms. The molecule has 0 aliphatic rings. The number of hydrogen-bond acceptors (Lipinski definition) is 3. The molecule has 0 saturated heterocycles. The van der Waals surface area contributed by atoms with Gasteiger partial charge in [-0.2, -0.15) is 13.2 Å². The van der Waals surface area contributed by atoms with Crippen LogP contribution in [0.1, 0.15) is 18.1 Å². The highest BCUT2D eigenvalue weighted by molar-refractivity contribution is 5.40. The lowest BCUT2D eigenvalue weighted by Gasteiger charge is -2.10. The molecule has 1 aromatic carbocycles. The number of hydrogen-bond donors (Lipinski definition) is 1. The first-order valence-electron chi connectivity index (χ1n) is 4.81. The second-order valence-corrected chi connectivity index (χ2v) is 3.82. The van der Waals surface area contributed by atoms with Gasteiger partial charge in [-0.1, -0.05) is 0 Å². The average Bonchev–Trinajstić information content (AvgIpc) is 2.14. The Morgan fingerprint density at radius 1 is 1.41 bits per heavy atom. The minimum atomic E-state index is -4.60. The van der Waals surface area contributed by atoms with Crippen LogP contribution in [0.4, 0.5) is 18.9 Å². The van der Waals surface area contributed by atoms with Crippen molar-refractivity contribution in [2.45, 2.75) is 25.6 Å². The zero-order chi connectivity index (χ0) is 13.2. The Morgan fingerprint density at radius 3 is 2.41 bits per heavy atom. The van der Waals surface area contributed by atoms with Gasteiger partial charge in [0.2, 0.25) is 0 Å². The van der Waals surface area contributed by atoms with E-state index in [0.717, 1.165) is 12.1 Å². The molecule has 1 aromatic rings. The first kappa shape index (κ1) is 13.4. The van der Waals surface area contributed by atoms with Gasteiger partial charge in [0, 0.05) is 18.2 Å². The molecule has 1 atom stereocenters. The Labute approximate surface area is 95.4 Å². The highest BCUT2D eigenvalue weighted by Gasteiger charge is 2.32. The molecule has 0 bridgehead atoms. The number of nitrogens with two attached hydrogens (primary N) is 1. The third kappa shape index (κ3) is 3.70. The fourth-order valence-corrected chi connectivity index (χ4v) is 1.43. The molecule has 0 heterocycles. The molecule has 17 heavy (non-hydrogen) atoms. The average molecular weight is 248 g/mol. The number of alkyl halides is 3. The van der Waals surface area contributed by atoms with E-state index in [9.17, 15) is 23.3 Å². The number of halogens is 3. The van der Waals surface area contributed by atoms with Crippen LogP contribution >= 0.6 is 0 Å². The van der Waals surface area contributed by atoms with E-state index in [0.29, 0.717) is 6.07 Å². The van der Waals surface area contributed by atoms with E-state index in [2.05, 4.69) is 0 Å². The van der Waals surface area contributed by atoms with Gasteiger partial charge >= 0.3 is 6.18 Å². The summed E-state index contributed by atoms with van der Waals surface area (Å²) >= 11 is 0. The fraction of sp³-hybridized carbons (Fsp3) is 0.400. The molecule has 0 fully saturated rings. The number of nitro benzene ring substituents is 1. The molecule has 0 amide bonds.